The maximum atomic E-state index is 13.3. The van der Waals surface area contributed by atoms with E-state index in [4.69, 9.17) is 5.11 Å². The van der Waals surface area contributed by atoms with Crippen LogP contribution in [0.5, 0.6) is 0 Å². The van der Waals surface area contributed by atoms with Crippen molar-refractivity contribution in [3.05, 3.63) is 35.6 Å². The largest absolute Gasteiger partial charge is 0.481 e. The van der Waals surface area contributed by atoms with Crippen LogP contribution in [0.15, 0.2) is 24.3 Å². The Morgan fingerprint density at radius 3 is 2.58 bits per heavy atom. The van der Waals surface area contributed by atoms with Gasteiger partial charge in [-0.15, -0.1) is 0 Å². The summed E-state index contributed by atoms with van der Waals surface area (Å²) in [5.41, 5.74) is 0.523. The number of aliphatic carboxylic acids is 1. The van der Waals surface area contributed by atoms with Crippen LogP contribution in [-0.2, 0) is 16.0 Å². The van der Waals surface area contributed by atoms with Crippen molar-refractivity contribution < 1.29 is 19.1 Å². The quantitative estimate of drug-likeness (QED) is 0.823. The van der Waals surface area contributed by atoms with Gasteiger partial charge in [0.05, 0.1) is 0 Å². The lowest BCUT2D eigenvalue weighted by atomic mass is 10.1. The number of carbonyl (C=O) groups excluding carboxylic acids is 1. The number of aryl methyl sites for hydroxylation is 1. The van der Waals surface area contributed by atoms with E-state index >= 15 is 0 Å². The molecule has 0 radical (unpaired) electrons. The van der Waals surface area contributed by atoms with Gasteiger partial charge >= 0.3 is 5.97 Å². The molecule has 0 aliphatic heterocycles. The summed E-state index contributed by atoms with van der Waals surface area (Å²) in [7, 11) is 1.63. The lowest BCUT2D eigenvalue weighted by Gasteiger charge is -2.16. The fraction of sp³-hybridized carbons (Fsp3) is 0.429. The monoisotopic (exact) mass is 267 g/mol. The molecule has 0 bridgehead atoms. The minimum Gasteiger partial charge on any atom is -0.481 e. The molecule has 0 heterocycles. The van der Waals surface area contributed by atoms with Crippen molar-refractivity contribution in [2.45, 2.75) is 25.7 Å². The first kappa shape index (κ1) is 15.1. The number of carboxylic acids is 1. The summed E-state index contributed by atoms with van der Waals surface area (Å²) in [5.74, 6) is -1.27. The van der Waals surface area contributed by atoms with Crippen molar-refractivity contribution in [2.24, 2.45) is 0 Å². The zero-order chi connectivity index (χ0) is 14.3. The molecule has 0 saturated carbocycles. The second-order valence-corrected chi connectivity index (χ2v) is 4.40. The van der Waals surface area contributed by atoms with Gasteiger partial charge in [0.15, 0.2) is 0 Å². The van der Waals surface area contributed by atoms with Gasteiger partial charge in [0.2, 0.25) is 5.91 Å². The molecule has 1 aromatic rings. The molecule has 19 heavy (non-hydrogen) atoms. The number of hydrogen-bond donors (Lipinski definition) is 1. The van der Waals surface area contributed by atoms with Crippen molar-refractivity contribution in [3.8, 4) is 0 Å². The number of rotatable bonds is 7. The average molecular weight is 267 g/mol. The molecule has 0 fully saturated rings. The standard InChI is InChI=1S/C14H18FNO3/c1-16(10-4-7-14(18)19)13(17)9-8-11-5-2-3-6-12(11)15/h2-3,5-6H,4,7-10H2,1H3,(H,18,19). The molecule has 0 spiro atoms. The molecule has 1 rings (SSSR count). The average Bonchev–Trinajstić information content (AvgIpc) is 2.36. The summed E-state index contributed by atoms with van der Waals surface area (Å²) in [6, 6.07) is 6.38. The van der Waals surface area contributed by atoms with Crippen molar-refractivity contribution >= 4 is 11.9 Å². The summed E-state index contributed by atoms with van der Waals surface area (Å²) >= 11 is 0. The molecule has 1 N–H and O–H groups in total. The molecule has 4 nitrogen and oxygen atoms in total. The van der Waals surface area contributed by atoms with E-state index in [0.717, 1.165) is 0 Å². The predicted octanol–water partition coefficient (Wildman–Crippen LogP) is 2.08. The van der Waals surface area contributed by atoms with Gasteiger partial charge in [-0.3, -0.25) is 9.59 Å². The number of nitrogens with zero attached hydrogens (tertiary/aromatic N) is 1. The van der Waals surface area contributed by atoms with E-state index in [0.29, 0.717) is 24.9 Å². The highest BCUT2D eigenvalue weighted by Gasteiger charge is 2.10. The second-order valence-electron chi connectivity index (χ2n) is 4.40. The SMILES string of the molecule is CN(CCCC(=O)O)C(=O)CCc1ccccc1F. The summed E-state index contributed by atoms with van der Waals surface area (Å²) < 4.78 is 13.3. The highest BCUT2D eigenvalue weighted by Crippen LogP contribution is 2.09. The Balaban J connectivity index is 2.34. The molecule has 5 heteroatoms. The predicted molar refractivity (Wildman–Crippen MR) is 69.2 cm³/mol. The summed E-state index contributed by atoms with van der Waals surface area (Å²) in [6.07, 6.45) is 1.06. The fourth-order valence-electron chi connectivity index (χ4n) is 1.73. The zero-order valence-corrected chi connectivity index (χ0v) is 10.9. The Labute approximate surface area is 111 Å². The third-order valence-electron chi connectivity index (χ3n) is 2.88. The molecule has 0 aromatic heterocycles. The first-order valence-corrected chi connectivity index (χ1v) is 6.20. The third kappa shape index (κ3) is 5.50. The minimum absolute atomic E-state index is 0.0466. The maximum absolute atomic E-state index is 13.3. The normalized spacial score (nSPS) is 10.2. The fourth-order valence-corrected chi connectivity index (χ4v) is 1.73. The van der Waals surface area contributed by atoms with Crippen LogP contribution in [0, 0.1) is 5.82 Å². The zero-order valence-electron chi connectivity index (χ0n) is 10.9. The Kier molecular flexibility index (Phi) is 5.99. The lowest BCUT2D eigenvalue weighted by Crippen LogP contribution is -2.28. The molecule has 104 valence electrons. The van der Waals surface area contributed by atoms with E-state index < -0.39 is 5.97 Å². The van der Waals surface area contributed by atoms with Gasteiger partial charge in [-0.05, 0) is 24.5 Å². The van der Waals surface area contributed by atoms with Crippen LogP contribution in [0.2, 0.25) is 0 Å². The van der Waals surface area contributed by atoms with E-state index in [2.05, 4.69) is 0 Å². The van der Waals surface area contributed by atoms with Crippen LogP contribution >= 0.6 is 0 Å². The molecule has 1 aromatic carbocycles. The van der Waals surface area contributed by atoms with Crippen molar-refractivity contribution in [3.63, 3.8) is 0 Å². The molecule has 0 saturated heterocycles. The van der Waals surface area contributed by atoms with Gasteiger partial charge in [-0.2, -0.15) is 0 Å². The first-order valence-electron chi connectivity index (χ1n) is 6.20. The Morgan fingerprint density at radius 2 is 1.95 bits per heavy atom. The summed E-state index contributed by atoms with van der Waals surface area (Å²) in [5, 5.41) is 8.50. The number of amides is 1. The van der Waals surface area contributed by atoms with Crippen LogP contribution in [0.1, 0.15) is 24.8 Å². The second kappa shape index (κ2) is 7.51. The Hall–Kier alpha value is -1.91. The van der Waals surface area contributed by atoms with Gasteiger partial charge < -0.3 is 10.0 Å². The molecular weight excluding hydrogens is 249 g/mol. The molecule has 0 unspecified atom stereocenters. The van der Waals surface area contributed by atoms with Crippen LogP contribution in [0.25, 0.3) is 0 Å². The molecule has 0 aliphatic rings. The number of halogens is 1. The number of hydrogen-bond acceptors (Lipinski definition) is 2. The summed E-state index contributed by atoms with van der Waals surface area (Å²) in [6.45, 7) is 0.405. The lowest BCUT2D eigenvalue weighted by molar-refractivity contribution is -0.138. The van der Waals surface area contributed by atoms with Gasteiger partial charge in [-0.1, -0.05) is 18.2 Å². The minimum atomic E-state index is -0.868. The smallest absolute Gasteiger partial charge is 0.303 e. The highest BCUT2D eigenvalue weighted by atomic mass is 19.1. The van der Waals surface area contributed by atoms with E-state index in [-0.39, 0.29) is 24.6 Å². The number of carbonyl (C=O) groups is 2. The van der Waals surface area contributed by atoms with Gasteiger partial charge in [-0.25, -0.2) is 4.39 Å². The van der Waals surface area contributed by atoms with E-state index in [1.54, 1.807) is 25.2 Å². The first-order chi connectivity index (χ1) is 9.00. The molecule has 1 amide bonds. The van der Waals surface area contributed by atoms with E-state index in [1.165, 1.54) is 11.0 Å². The number of benzene rings is 1. The van der Waals surface area contributed by atoms with E-state index in [1.807, 2.05) is 0 Å². The van der Waals surface area contributed by atoms with Crippen LogP contribution in [0.3, 0.4) is 0 Å². The van der Waals surface area contributed by atoms with Crippen molar-refractivity contribution in [1.29, 1.82) is 0 Å². The maximum Gasteiger partial charge on any atom is 0.303 e. The molecule has 0 aliphatic carbocycles. The van der Waals surface area contributed by atoms with Crippen LogP contribution in [0.4, 0.5) is 4.39 Å². The Bertz CT molecular complexity index is 448. The Morgan fingerprint density at radius 1 is 1.26 bits per heavy atom. The van der Waals surface area contributed by atoms with Crippen molar-refractivity contribution in [2.75, 3.05) is 13.6 Å². The van der Waals surface area contributed by atoms with Crippen LogP contribution in [-0.4, -0.2) is 35.5 Å². The van der Waals surface area contributed by atoms with Crippen molar-refractivity contribution in [1.82, 2.24) is 4.90 Å². The van der Waals surface area contributed by atoms with E-state index in [9.17, 15) is 14.0 Å². The molecule has 0 atom stereocenters. The van der Waals surface area contributed by atoms with Gasteiger partial charge in [0, 0.05) is 26.4 Å². The summed E-state index contributed by atoms with van der Waals surface area (Å²) in [4.78, 5) is 23.6. The number of carboxylic acid groups (broad SMARTS) is 1. The third-order valence-corrected chi connectivity index (χ3v) is 2.88. The van der Waals surface area contributed by atoms with Gasteiger partial charge in [0.1, 0.15) is 5.82 Å². The van der Waals surface area contributed by atoms with Crippen LogP contribution < -0.4 is 0 Å². The molecular formula is C14H18FNO3. The highest BCUT2D eigenvalue weighted by molar-refractivity contribution is 5.76. The topological polar surface area (TPSA) is 57.6 Å². The van der Waals surface area contributed by atoms with Gasteiger partial charge in [0.25, 0.3) is 0 Å².